The molecule has 1 amide bonds. The van der Waals surface area contributed by atoms with Crippen molar-refractivity contribution in [1.82, 2.24) is 0 Å². The van der Waals surface area contributed by atoms with Crippen LogP contribution in [0.4, 0.5) is 28.4 Å². The molecule has 44 heavy (non-hydrogen) atoms. The van der Waals surface area contributed by atoms with Crippen LogP contribution >= 0.6 is 0 Å². The van der Waals surface area contributed by atoms with Crippen LogP contribution in [0.1, 0.15) is 11.1 Å². The normalized spacial score (nSPS) is 10.7. The van der Waals surface area contributed by atoms with E-state index in [-0.39, 0.29) is 5.91 Å². The summed E-state index contributed by atoms with van der Waals surface area (Å²) in [6, 6.07) is 52.1. The minimum Gasteiger partial charge on any atom is -0.310 e. The van der Waals surface area contributed by atoms with Crippen molar-refractivity contribution in [2.24, 2.45) is 0 Å². The van der Waals surface area contributed by atoms with Gasteiger partial charge in [-0.3, -0.25) is 9.69 Å². The first-order chi connectivity index (χ1) is 21.5. The first-order valence-electron chi connectivity index (χ1n) is 14.8. The fourth-order valence-corrected chi connectivity index (χ4v) is 5.68. The van der Waals surface area contributed by atoms with E-state index in [4.69, 9.17) is 0 Å². The average molecular weight is 571 g/mol. The molecule has 0 aromatic heterocycles. The van der Waals surface area contributed by atoms with Gasteiger partial charge in [0.2, 0.25) is 0 Å². The molecule has 0 spiro atoms. The predicted molar refractivity (Wildman–Crippen MR) is 185 cm³/mol. The van der Waals surface area contributed by atoms with E-state index in [1.165, 1.54) is 11.6 Å². The second kappa shape index (κ2) is 12.7. The van der Waals surface area contributed by atoms with Crippen LogP contribution in [0, 0.1) is 13.8 Å². The molecule has 0 N–H and O–H groups in total. The van der Waals surface area contributed by atoms with Gasteiger partial charge >= 0.3 is 0 Å². The van der Waals surface area contributed by atoms with E-state index < -0.39 is 0 Å². The first kappa shape index (κ1) is 28.4. The number of anilines is 5. The van der Waals surface area contributed by atoms with Gasteiger partial charge in [-0.05, 0) is 102 Å². The number of hydrogen-bond donors (Lipinski definition) is 0. The largest absolute Gasteiger partial charge is 0.310 e. The maximum absolute atomic E-state index is 13.2. The molecule has 0 aliphatic rings. The third-order valence-corrected chi connectivity index (χ3v) is 7.90. The molecule has 0 aliphatic heterocycles. The lowest BCUT2D eigenvalue weighted by Crippen LogP contribution is -2.24. The van der Waals surface area contributed by atoms with Crippen molar-refractivity contribution < 1.29 is 4.79 Å². The highest BCUT2D eigenvalue weighted by atomic mass is 16.2. The van der Waals surface area contributed by atoms with Gasteiger partial charge in [0.15, 0.2) is 0 Å². The number of carbonyl (C=O) groups excluding carboxylic acids is 1. The van der Waals surface area contributed by atoms with E-state index in [1.807, 2.05) is 61.5 Å². The lowest BCUT2D eigenvalue weighted by atomic mass is 9.93. The first-order valence-corrected chi connectivity index (χ1v) is 14.8. The van der Waals surface area contributed by atoms with Crippen molar-refractivity contribution >= 4 is 34.3 Å². The predicted octanol–water partition coefficient (Wildman–Crippen LogP) is 11.0. The van der Waals surface area contributed by atoms with Crippen molar-refractivity contribution in [1.29, 1.82) is 0 Å². The minimum atomic E-state index is -0.173. The number of para-hydroxylation sites is 3. The Balaban J connectivity index is 1.46. The van der Waals surface area contributed by atoms with Crippen LogP contribution < -0.4 is 9.80 Å². The average Bonchev–Trinajstić information content (AvgIpc) is 3.08. The second-order valence-electron chi connectivity index (χ2n) is 10.8. The van der Waals surface area contributed by atoms with Crippen LogP contribution in [0.3, 0.4) is 0 Å². The summed E-state index contributed by atoms with van der Waals surface area (Å²) in [6.45, 7) is 7.94. The molecule has 6 rings (SSSR count). The molecule has 0 aliphatic carbocycles. The van der Waals surface area contributed by atoms with Gasteiger partial charge in [0.1, 0.15) is 0 Å². The summed E-state index contributed by atoms with van der Waals surface area (Å²) in [5.74, 6) is -0.173. The Morgan fingerprint density at radius 3 is 1.64 bits per heavy atom. The lowest BCUT2D eigenvalue weighted by Gasteiger charge is -2.27. The molecule has 0 atom stereocenters. The molecular formula is C41H34N2O. The molecule has 0 heterocycles. The van der Waals surface area contributed by atoms with E-state index in [9.17, 15) is 4.79 Å². The molecular weight excluding hydrogens is 536 g/mol. The topological polar surface area (TPSA) is 23.6 Å². The Kier molecular flexibility index (Phi) is 8.20. The Hall–Kier alpha value is -5.67. The Morgan fingerprint density at radius 2 is 1.02 bits per heavy atom. The molecule has 0 unspecified atom stereocenters. The van der Waals surface area contributed by atoms with Crippen LogP contribution in [0.25, 0.3) is 22.3 Å². The molecule has 0 saturated carbocycles. The van der Waals surface area contributed by atoms with Gasteiger partial charge < -0.3 is 4.90 Å². The molecule has 6 aromatic rings. The number of nitrogens with zero attached hydrogens (tertiary/aromatic N) is 2. The number of hydrogen-bond acceptors (Lipinski definition) is 2. The maximum Gasteiger partial charge on any atom is 0.254 e. The molecule has 0 saturated heterocycles. The number of rotatable bonds is 8. The van der Waals surface area contributed by atoms with E-state index in [2.05, 4.69) is 115 Å². The van der Waals surface area contributed by atoms with E-state index >= 15 is 0 Å². The number of carbonyl (C=O) groups is 1. The van der Waals surface area contributed by atoms with Crippen LogP contribution in [-0.2, 0) is 4.79 Å². The van der Waals surface area contributed by atoms with Crippen LogP contribution in [0.2, 0.25) is 0 Å². The summed E-state index contributed by atoms with van der Waals surface area (Å²) >= 11 is 0. The van der Waals surface area contributed by atoms with E-state index in [1.54, 1.807) is 4.90 Å². The van der Waals surface area contributed by atoms with Gasteiger partial charge in [-0.2, -0.15) is 0 Å². The Bertz CT molecular complexity index is 1910. The van der Waals surface area contributed by atoms with Crippen molar-refractivity contribution in [2.75, 3.05) is 9.80 Å². The van der Waals surface area contributed by atoms with Gasteiger partial charge in [-0.15, -0.1) is 0 Å². The zero-order chi connectivity index (χ0) is 30.5. The SMILES string of the molecule is C=CC(=O)N(c1ccc(-c2ccc(N(c3ccccc3)c3ccccc3C)cc2)c(-c2ccccc2)c1)c1ccccc1C. The van der Waals surface area contributed by atoms with Gasteiger partial charge in [-0.1, -0.05) is 110 Å². The standard InChI is InChI=1S/C41H34N2O/c1-4-41(44)43(40-22-14-12-16-31(40)3)36-27-28-37(38(29-36)32-17-7-5-8-18-32)33-23-25-35(26-24-33)42(34-19-9-6-10-20-34)39-21-13-11-15-30(39)2/h4-29H,1H2,2-3H3. The van der Waals surface area contributed by atoms with Crippen molar-refractivity contribution in [3.05, 3.63) is 175 Å². The lowest BCUT2D eigenvalue weighted by molar-refractivity contribution is -0.113. The third kappa shape index (κ3) is 5.68. The van der Waals surface area contributed by atoms with Gasteiger partial charge in [0.05, 0.1) is 5.69 Å². The fraction of sp³-hybridized carbons (Fsp3) is 0.0488. The highest BCUT2D eigenvalue weighted by Gasteiger charge is 2.20. The van der Waals surface area contributed by atoms with Crippen LogP contribution in [0.15, 0.2) is 164 Å². The van der Waals surface area contributed by atoms with Crippen LogP contribution in [-0.4, -0.2) is 5.91 Å². The minimum absolute atomic E-state index is 0.173. The fourth-order valence-electron chi connectivity index (χ4n) is 5.68. The molecule has 0 bridgehead atoms. The van der Waals surface area contributed by atoms with Gasteiger partial charge in [-0.25, -0.2) is 0 Å². The van der Waals surface area contributed by atoms with Gasteiger partial charge in [0, 0.05) is 22.7 Å². The maximum atomic E-state index is 13.2. The molecule has 0 fully saturated rings. The monoisotopic (exact) mass is 570 g/mol. The molecule has 214 valence electrons. The quantitative estimate of drug-likeness (QED) is 0.170. The third-order valence-electron chi connectivity index (χ3n) is 7.90. The zero-order valence-corrected chi connectivity index (χ0v) is 25.0. The summed E-state index contributed by atoms with van der Waals surface area (Å²) < 4.78 is 0. The zero-order valence-electron chi connectivity index (χ0n) is 25.0. The molecule has 3 heteroatoms. The van der Waals surface area contributed by atoms with Crippen LogP contribution in [0.5, 0.6) is 0 Å². The van der Waals surface area contributed by atoms with E-state index in [0.29, 0.717) is 0 Å². The molecule has 3 nitrogen and oxygen atoms in total. The molecule has 6 aromatic carbocycles. The highest BCUT2D eigenvalue weighted by Crippen LogP contribution is 2.41. The van der Waals surface area contributed by atoms with Crippen molar-refractivity contribution in [2.45, 2.75) is 13.8 Å². The van der Waals surface area contributed by atoms with Crippen molar-refractivity contribution in [3.63, 3.8) is 0 Å². The number of benzene rings is 6. The summed E-state index contributed by atoms with van der Waals surface area (Å²) in [7, 11) is 0. The summed E-state index contributed by atoms with van der Waals surface area (Å²) in [6.07, 6.45) is 1.37. The molecule has 0 radical (unpaired) electrons. The smallest absolute Gasteiger partial charge is 0.254 e. The van der Waals surface area contributed by atoms with Gasteiger partial charge in [0.25, 0.3) is 5.91 Å². The van der Waals surface area contributed by atoms with E-state index in [0.717, 1.165) is 56.3 Å². The number of aryl methyl sites for hydroxylation is 2. The summed E-state index contributed by atoms with van der Waals surface area (Å²) in [5, 5.41) is 0. The Morgan fingerprint density at radius 1 is 0.523 bits per heavy atom. The Labute approximate surface area is 260 Å². The summed E-state index contributed by atoms with van der Waals surface area (Å²) in [4.78, 5) is 17.3. The summed E-state index contributed by atoms with van der Waals surface area (Å²) in [5.41, 5.74) is 11.5. The second-order valence-corrected chi connectivity index (χ2v) is 10.8. The highest BCUT2D eigenvalue weighted by molar-refractivity contribution is 6.08. The van der Waals surface area contributed by atoms with Crippen molar-refractivity contribution in [3.8, 4) is 22.3 Å². The number of amides is 1.